The van der Waals surface area contributed by atoms with E-state index in [9.17, 15) is 0 Å². The minimum Gasteiger partial charge on any atom is -0.361 e. The van der Waals surface area contributed by atoms with E-state index in [2.05, 4.69) is 46.6 Å². The van der Waals surface area contributed by atoms with E-state index in [0.29, 0.717) is 0 Å². The van der Waals surface area contributed by atoms with Crippen LogP contribution in [0.1, 0.15) is 35.1 Å². The lowest BCUT2D eigenvalue weighted by atomic mass is 10.0. The van der Waals surface area contributed by atoms with Crippen molar-refractivity contribution >= 4 is 29.9 Å². The molecule has 0 fully saturated rings. The highest BCUT2D eigenvalue weighted by Crippen LogP contribution is 2.18. The molecule has 1 aromatic carbocycles. The highest BCUT2D eigenvalue weighted by atomic mass is 127. The van der Waals surface area contributed by atoms with E-state index >= 15 is 0 Å². The molecule has 0 atom stereocenters. The number of rotatable bonds is 4. The second-order valence-electron chi connectivity index (χ2n) is 6.23. The first-order valence-electron chi connectivity index (χ1n) is 8.70. The maximum Gasteiger partial charge on any atom is 0.194 e. The van der Waals surface area contributed by atoms with Crippen LogP contribution in [0.4, 0.5) is 0 Å². The van der Waals surface area contributed by atoms with Gasteiger partial charge in [0.05, 0.1) is 5.69 Å². The number of benzene rings is 1. The average molecular weight is 454 g/mol. The molecule has 0 saturated carbocycles. The third-order valence-corrected chi connectivity index (χ3v) is 4.57. The minimum atomic E-state index is 0. The fourth-order valence-electron chi connectivity index (χ4n) is 3.23. The van der Waals surface area contributed by atoms with Gasteiger partial charge in [-0.05, 0) is 44.7 Å². The number of guanidine groups is 1. The van der Waals surface area contributed by atoms with Gasteiger partial charge in [-0.1, -0.05) is 29.4 Å². The lowest BCUT2D eigenvalue weighted by Crippen LogP contribution is -2.44. The first kappa shape index (κ1) is 19.8. The number of aryl methyl sites for hydroxylation is 2. The predicted molar refractivity (Wildman–Crippen MR) is 112 cm³/mol. The van der Waals surface area contributed by atoms with Crippen molar-refractivity contribution in [2.45, 2.75) is 40.2 Å². The van der Waals surface area contributed by atoms with Crippen molar-refractivity contribution in [3.8, 4) is 0 Å². The third kappa shape index (κ3) is 4.74. The van der Waals surface area contributed by atoms with E-state index in [4.69, 9.17) is 9.52 Å². The molecule has 0 spiro atoms. The smallest absolute Gasteiger partial charge is 0.194 e. The molecule has 2 aromatic rings. The molecule has 1 aromatic heterocycles. The highest BCUT2D eigenvalue weighted by Gasteiger charge is 2.18. The quantitative estimate of drug-likeness (QED) is 0.437. The zero-order valence-electron chi connectivity index (χ0n) is 15.2. The fraction of sp³-hybridized carbons (Fsp3) is 0.474. The van der Waals surface area contributed by atoms with Crippen molar-refractivity contribution in [1.82, 2.24) is 15.4 Å². The molecule has 136 valence electrons. The predicted octanol–water partition coefficient (Wildman–Crippen LogP) is 3.48. The molecule has 1 aliphatic heterocycles. The van der Waals surface area contributed by atoms with Crippen molar-refractivity contribution in [2.24, 2.45) is 4.99 Å². The van der Waals surface area contributed by atoms with E-state index < -0.39 is 0 Å². The number of nitrogens with zero attached hydrogens (tertiary/aromatic N) is 3. The largest absolute Gasteiger partial charge is 0.361 e. The number of hydrogen-bond acceptors (Lipinski definition) is 3. The Morgan fingerprint density at radius 1 is 1.28 bits per heavy atom. The lowest BCUT2D eigenvalue weighted by molar-refractivity contribution is 0.378. The minimum absolute atomic E-state index is 0. The Kier molecular flexibility index (Phi) is 7.28. The van der Waals surface area contributed by atoms with Crippen molar-refractivity contribution in [2.75, 3.05) is 19.6 Å². The van der Waals surface area contributed by atoms with E-state index in [1.807, 2.05) is 13.8 Å². The Morgan fingerprint density at radius 3 is 2.72 bits per heavy atom. The van der Waals surface area contributed by atoms with Gasteiger partial charge >= 0.3 is 0 Å². The Morgan fingerprint density at radius 2 is 2.04 bits per heavy atom. The fourth-order valence-corrected chi connectivity index (χ4v) is 3.23. The zero-order chi connectivity index (χ0) is 16.9. The van der Waals surface area contributed by atoms with Crippen LogP contribution in [-0.2, 0) is 19.4 Å². The second-order valence-corrected chi connectivity index (χ2v) is 6.23. The molecule has 0 bridgehead atoms. The van der Waals surface area contributed by atoms with Gasteiger partial charge in [-0.3, -0.25) is 4.99 Å². The van der Waals surface area contributed by atoms with Crippen LogP contribution in [-0.4, -0.2) is 35.7 Å². The van der Waals surface area contributed by atoms with Gasteiger partial charge in [-0.2, -0.15) is 0 Å². The summed E-state index contributed by atoms with van der Waals surface area (Å²) in [6, 6.07) is 8.68. The number of halogens is 1. The highest BCUT2D eigenvalue weighted by molar-refractivity contribution is 14.0. The van der Waals surface area contributed by atoms with Crippen LogP contribution in [0.25, 0.3) is 0 Å². The molecule has 25 heavy (non-hydrogen) atoms. The average Bonchev–Trinajstić information content (AvgIpc) is 2.92. The Hall–Kier alpha value is -1.57. The normalized spacial score (nSPS) is 14.0. The van der Waals surface area contributed by atoms with Crippen molar-refractivity contribution < 1.29 is 4.52 Å². The number of aliphatic imine (C=N–C) groups is 1. The molecule has 1 N–H and O–H groups in total. The number of hydrogen-bond donors (Lipinski definition) is 1. The van der Waals surface area contributed by atoms with Gasteiger partial charge in [0, 0.05) is 31.7 Å². The first-order chi connectivity index (χ1) is 11.7. The topological polar surface area (TPSA) is 53.7 Å². The summed E-state index contributed by atoms with van der Waals surface area (Å²) in [6.45, 7) is 9.61. The standard InChI is InChI=1S/C19H26N4O.HI/c1-4-20-19(21-11-9-18-14(2)22-24-15(18)3)23-12-10-16-7-5-6-8-17(16)13-23;/h5-8H,4,9-13H2,1-3H3,(H,20,21);1H. The Bertz CT molecular complexity index is 706. The molecule has 5 nitrogen and oxygen atoms in total. The summed E-state index contributed by atoms with van der Waals surface area (Å²) in [5.41, 5.74) is 5.01. The van der Waals surface area contributed by atoms with Crippen LogP contribution in [0.2, 0.25) is 0 Å². The van der Waals surface area contributed by atoms with Crippen LogP contribution in [0, 0.1) is 13.8 Å². The Balaban J connectivity index is 0.00000225. The van der Waals surface area contributed by atoms with Crippen molar-refractivity contribution in [3.05, 3.63) is 52.4 Å². The summed E-state index contributed by atoms with van der Waals surface area (Å²) in [7, 11) is 0. The summed E-state index contributed by atoms with van der Waals surface area (Å²) in [5, 5.41) is 7.44. The van der Waals surface area contributed by atoms with Crippen LogP contribution in [0.15, 0.2) is 33.8 Å². The van der Waals surface area contributed by atoms with Gasteiger partial charge in [0.2, 0.25) is 0 Å². The van der Waals surface area contributed by atoms with Crippen molar-refractivity contribution in [1.29, 1.82) is 0 Å². The number of nitrogens with one attached hydrogen (secondary N) is 1. The van der Waals surface area contributed by atoms with Gasteiger partial charge in [-0.15, -0.1) is 24.0 Å². The number of fused-ring (bicyclic) bond motifs is 1. The van der Waals surface area contributed by atoms with Crippen molar-refractivity contribution in [3.63, 3.8) is 0 Å². The molecule has 1 aliphatic rings. The summed E-state index contributed by atoms with van der Waals surface area (Å²) in [4.78, 5) is 7.18. The maximum atomic E-state index is 5.23. The van der Waals surface area contributed by atoms with Crippen LogP contribution < -0.4 is 5.32 Å². The summed E-state index contributed by atoms with van der Waals surface area (Å²) in [5.74, 6) is 1.90. The molecule has 6 heteroatoms. The SMILES string of the molecule is CCNC(=NCCc1c(C)noc1C)N1CCc2ccccc2C1.I. The molecule has 0 unspecified atom stereocenters. The van der Waals surface area contributed by atoms with Gasteiger partial charge in [-0.25, -0.2) is 0 Å². The van der Waals surface area contributed by atoms with Gasteiger partial charge in [0.15, 0.2) is 5.96 Å². The van der Waals surface area contributed by atoms with E-state index in [0.717, 1.165) is 56.4 Å². The lowest BCUT2D eigenvalue weighted by Gasteiger charge is -2.31. The van der Waals surface area contributed by atoms with Crippen LogP contribution in [0.3, 0.4) is 0 Å². The maximum absolute atomic E-state index is 5.23. The van der Waals surface area contributed by atoms with Gasteiger partial charge in [0.1, 0.15) is 5.76 Å². The molecular formula is C19H27IN4O. The van der Waals surface area contributed by atoms with E-state index in [1.54, 1.807) is 0 Å². The van der Waals surface area contributed by atoms with Crippen LogP contribution >= 0.6 is 24.0 Å². The number of aromatic nitrogens is 1. The molecule has 3 rings (SSSR count). The first-order valence-corrected chi connectivity index (χ1v) is 8.70. The van der Waals surface area contributed by atoms with Gasteiger partial charge < -0.3 is 14.7 Å². The van der Waals surface area contributed by atoms with Gasteiger partial charge in [0.25, 0.3) is 0 Å². The summed E-state index contributed by atoms with van der Waals surface area (Å²) >= 11 is 0. The molecule has 2 heterocycles. The third-order valence-electron chi connectivity index (χ3n) is 4.57. The summed E-state index contributed by atoms with van der Waals surface area (Å²) in [6.07, 6.45) is 1.94. The molecule has 0 amide bonds. The monoisotopic (exact) mass is 454 g/mol. The molecule has 0 aliphatic carbocycles. The zero-order valence-corrected chi connectivity index (χ0v) is 17.5. The second kappa shape index (κ2) is 9.22. The van der Waals surface area contributed by atoms with E-state index in [-0.39, 0.29) is 24.0 Å². The molecule has 0 radical (unpaired) electrons. The molecule has 0 saturated heterocycles. The van der Waals surface area contributed by atoms with E-state index in [1.165, 1.54) is 16.7 Å². The summed E-state index contributed by atoms with van der Waals surface area (Å²) < 4.78 is 5.23. The Labute approximate surface area is 166 Å². The molecular weight excluding hydrogens is 427 g/mol. The van der Waals surface area contributed by atoms with Crippen LogP contribution in [0.5, 0.6) is 0 Å².